The summed E-state index contributed by atoms with van der Waals surface area (Å²) in [7, 11) is 0. The third-order valence-corrected chi connectivity index (χ3v) is 4.00. The molecule has 0 aromatic heterocycles. The van der Waals surface area contributed by atoms with E-state index in [2.05, 4.69) is 61.0 Å². The highest BCUT2D eigenvalue weighted by Gasteiger charge is 2.06. The van der Waals surface area contributed by atoms with Gasteiger partial charge in [0.2, 0.25) is 0 Å². The summed E-state index contributed by atoms with van der Waals surface area (Å²) in [5.41, 5.74) is 2.91. The summed E-state index contributed by atoms with van der Waals surface area (Å²) in [5, 5.41) is 0. The highest BCUT2D eigenvalue weighted by molar-refractivity contribution is 9.09. The largest absolute Gasteiger partial charge is 0.0887 e. The molecule has 1 heteroatoms. The number of hydrogen-bond acceptors (Lipinski definition) is 0. The second kappa shape index (κ2) is 7.11. The second-order valence-electron chi connectivity index (χ2n) is 4.64. The predicted octanol–water partition coefficient (Wildman–Crippen LogP) is 5.31. The summed E-state index contributed by atoms with van der Waals surface area (Å²) in [5.74, 6) is 0.685. The zero-order valence-corrected chi connectivity index (χ0v) is 12.3. The molecule has 2 atom stereocenters. The van der Waals surface area contributed by atoms with Gasteiger partial charge in [-0.25, -0.2) is 0 Å². The van der Waals surface area contributed by atoms with E-state index in [1.807, 2.05) is 0 Å². The van der Waals surface area contributed by atoms with Crippen LogP contribution in [-0.2, 0) is 6.42 Å². The van der Waals surface area contributed by atoms with Crippen molar-refractivity contribution in [2.75, 3.05) is 0 Å². The van der Waals surface area contributed by atoms with Crippen molar-refractivity contribution in [1.82, 2.24) is 0 Å². The SMILES string of the molecule is CCCC(Br)Cc1ccc(C(C)CC)cc1. The molecule has 0 aliphatic carbocycles. The van der Waals surface area contributed by atoms with Crippen LogP contribution in [0.1, 0.15) is 57.1 Å². The van der Waals surface area contributed by atoms with E-state index >= 15 is 0 Å². The maximum absolute atomic E-state index is 3.74. The van der Waals surface area contributed by atoms with Crippen molar-refractivity contribution < 1.29 is 0 Å². The molecule has 2 unspecified atom stereocenters. The molecule has 0 spiro atoms. The molecule has 0 fully saturated rings. The molecule has 90 valence electrons. The van der Waals surface area contributed by atoms with E-state index in [0.717, 1.165) is 6.42 Å². The van der Waals surface area contributed by atoms with Gasteiger partial charge in [0.15, 0.2) is 0 Å². The highest BCUT2D eigenvalue weighted by Crippen LogP contribution is 2.21. The van der Waals surface area contributed by atoms with Crippen LogP contribution in [0.15, 0.2) is 24.3 Å². The first kappa shape index (κ1) is 13.8. The first-order valence-corrected chi connectivity index (χ1v) is 7.31. The lowest BCUT2D eigenvalue weighted by atomic mass is 9.96. The quantitative estimate of drug-likeness (QED) is 0.621. The normalized spacial score (nSPS) is 14.8. The summed E-state index contributed by atoms with van der Waals surface area (Å²) < 4.78 is 0. The average molecular weight is 283 g/mol. The standard InChI is InChI=1S/C15H23Br/c1-4-6-15(16)11-13-7-9-14(10-8-13)12(3)5-2/h7-10,12,15H,4-6,11H2,1-3H3. The van der Waals surface area contributed by atoms with Crippen molar-refractivity contribution in [3.63, 3.8) is 0 Å². The number of alkyl halides is 1. The van der Waals surface area contributed by atoms with Crippen LogP contribution < -0.4 is 0 Å². The summed E-state index contributed by atoms with van der Waals surface area (Å²) in [6.45, 7) is 6.77. The topological polar surface area (TPSA) is 0 Å². The van der Waals surface area contributed by atoms with Gasteiger partial charge in [-0.05, 0) is 36.3 Å². The van der Waals surface area contributed by atoms with Gasteiger partial charge in [0, 0.05) is 4.83 Å². The molecule has 16 heavy (non-hydrogen) atoms. The lowest BCUT2D eigenvalue weighted by molar-refractivity contribution is 0.729. The molecule has 0 saturated carbocycles. The third-order valence-electron chi connectivity index (χ3n) is 3.22. The molecule has 0 N–H and O–H groups in total. The summed E-state index contributed by atoms with van der Waals surface area (Å²) in [4.78, 5) is 0.631. The Bertz CT molecular complexity index is 289. The smallest absolute Gasteiger partial charge is 0.0186 e. The zero-order chi connectivity index (χ0) is 12.0. The fraction of sp³-hybridized carbons (Fsp3) is 0.600. The predicted molar refractivity (Wildman–Crippen MR) is 76.5 cm³/mol. The van der Waals surface area contributed by atoms with Gasteiger partial charge in [-0.3, -0.25) is 0 Å². The summed E-state index contributed by atoms with van der Waals surface area (Å²) >= 11 is 3.74. The molecule has 1 aromatic carbocycles. The van der Waals surface area contributed by atoms with Gasteiger partial charge in [-0.2, -0.15) is 0 Å². The van der Waals surface area contributed by atoms with Crippen LogP contribution in [0.2, 0.25) is 0 Å². The van der Waals surface area contributed by atoms with E-state index in [1.54, 1.807) is 0 Å². The Balaban J connectivity index is 2.57. The Hall–Kier alpha value is -0.300. The molecule has 0 aliphatic heterocycles. The van der Waals surface area contributed by atoms with Gasteiger partial charge < -0.3 is 0 Å². The molecular weight excluding hydrogens is 260 g/mol. The highest BCUT2D eigenvalue weighted by atomic mass is 79.9. The molecule has 0 aliphatic rings. The van der Waals surface area contributed by atoms with E-state index in [9.17, 15) is 0 Å². The van der Waals surface area contributed by atoms with Crippen molar-refractivity contribution in [2.45, 2.75) is 57.2 Å². The molecule has 0 saturated heterocycles. The van der Waals surface area contributed by atoms with Gasteiger partial charge in [0.25, 0.3) is 0 Å². The lowest BCUT2D eigenvalue weighted by Gasteiger charge is -2.11. The van der Waals surface area contributed by atoms with Crippen LogP contribution in [0.5, 0.6) is 0 Å². The molecule has 0 nitrogen and oxygen atoms in total. The maximum atomic E-state index is 3.74. The molecule has 0 amide bonds. The van der Waals surface area contributed by atoms with E-state index < -0.39 is 0 Å². The summed E-state index contributed by atoms with van der Waals surface area (Å²) in [6, 6.07) is 9.14. The lowest BCUT2D eigenvalue weighted by Crippen LogP contribution is -2.02. The zero-order valence-electron chi connectivity index (χ0n) is 10.7. The molecular formula is C15H23Br. The van der Waals surface area contributed by atoms with Crippen LogP contribution in [0, 0.1) is 0 Å². The van der Waals surface area contributed by atoms with Crippen LogP contribution >= 0.6 is 15.9 Å². The molecule has 1 aromatic rings. The molecule has 0 radical (unpaired) electrons. The monoisotopic (exact) mass is 282 g/mol. The Morgan fingerprint density at radius 2 is 1.75 bits per heavy atom. The van der Waals surface area contributed by atoms with Gasteiger partial charge in [0.1, 0.15) is 0 Å². The van der Waals surface area contributed by atoms with Crippen molar-refractivity contribution in [2.24, 2.45) is 0 Å². The number of hydrogen-bond donors (Lipinski definition) is 0. The molecule has 0 heterocycles. The van der Waals surface area contributed by atoms with Gasteiger partial charge in [-0.15, -0.1) is 0 Å². The third kappa shape index (κ3) is 4.29. The van der Waals surface area contributed by atoms with Gasteiger partial charge in [0.05, 0.1) is 0 Å². The fourth-order valence-electron chi connectivity index (χ4n) is 1.89. The Kier molecular flexibility index (Phi) is 6.12. The summed E-state index contributed by atoms with van der Waals surface area (Å²) in [6.07, 6.45) is 4.87. The number of benzene rings is 1. The number of halogens is 1. The first-order chi connectivity index (χ1) is 7.67. The minimum atomic E-state index is 0.631. The minimum Gasteiger partial charge on any atom is -0.0887 e. The van der Waals surface area contributed by atoms with Crippen molar-refractivity contribution in [1.29, 1.82) is 0 Å². The van der Waals surface area contributed by atoms with Crippen LogP contribution in [-0.4, -0.2) is 4.83 Å². The van der Waals surface area contributed by atoms with Crippen molar-refractivity contribution in [3.05, 3.63) is 35.4 Å². The number of rotatable bonds is 6. The van der Waals surface area contributed by atoms with Crippen LogP contribution in [0.25, 0.3) is 0 Å². The minimum absolute atomic E-state index is 0.631. The Morgan fingerprint density at radius 1 is 1.12 bits per heavy atom. The fourth-order valence-corrected chi connectivity index (χ4v) is 2.72. The van der Waals surface area contributed by atoms with E-state index in [4.69, 9.17) is 0 Å². The van der Waals surface area contributed by atoms with E-state index in [0.29, 0.717) is 10.7 Å². The van der Waals surface area contributed by atoms with E-state index in [-0.39, 0.29) is 0 Å². The second-order valence-corrected chi connectivity index (χ2v) is 5.94. The Labute approximate surface area is 109 Å². The maximum Gasteiger partial charge on any atom is 0.0186 e. The van der Waals surface area contributed by atoms with Crippen LogP contribution in [0.3, 0.4) is 0 Å². The average Bonchev–Trinajstić information content (AvgIpc) is 2.29. The van der Waals surface area contributed by atoms with Crippen molar-refractivity contribution >= 4 is 15.9 Å². The van der Waals surface area contributed by atoms with Gasteiger partial charge in [-0.1, -0.05) is 67.4 Å². The van der Waals surface area contributed by atoms with Gasteiger partial charge >= 0.3 is 0 Å². The Morgan fingerprint density at radius 3 is 2.25 bits per heavy atom. The van der Waals surface area contributed by atoms with Crippen molar-refractivity contribution in [3.8, 4) is 0 Å². The molecule has 0 bridgehead atoms. The van der Waals surface area contributed by atoms with E-state index in [1.165, 1.54) is 30.4 Å². The van der Waals surface area contributed by atoms with Crippen LogP contribution in [0.4, 0.5) is 0 Å². The molecule has 1 rings (SSSR count). The first-order valence-electron chi connectivity index (χ1n) is 6.40.